The Hall–Kier alpha value is -1.55. The van der Waals surface area contributed by atoms with Crippen molar-refractivity contribution in [2.24, 2.45) is 0 Å². The van der Waals surface area contributed by atoms with Crippen molar-refractivity contribution in [3.05, 3.63) is 29.8 Å². The van der Waals surface area contributed by atoms with Gasteiger partial charge in [-0.1, -0.05) is 12.1 Å². The summed E-state index contributed by atoms with van der Waals surface area (Å²) < 4.78 is 6.24. The highest BCUT2D eigenvalue weighted by molar-refractivity contribution is 5.97. The van der Waals surface area contributed by atoms with Gasteiger partial charge in [0.05, 0.1) is 12.1 Å². The zero-order valence-corrected chi connectivity index (χ0v) is 11.2. The van der Waals surface area contributed by atoms with Gasteiger partial charge in [-0.05, 0) is 44.9 Å². The maximum absolute atomic E-state index is 12.0. The summed E-state index contributed by atoms with van der Waals surface area (Å²) in [5, 5.41) is 6.34. The van der Waals surface area contributed by atoms with E-state index in [1.165, 1.54) is 0 Å². The summed E-state index contributed by atoms with van der Waals surface area (Å²) in [6, 6.07) is 8.08. The van der Waals surface area contributed by atoms with Gasteiger partial charge in [0, 0.05) is 6.04 Å². The topological polar surface area (TPSA) is 50.4 Å². The van der Waals surface area contributed by atoms with E-state index in [4.69, 9.17) is 4.74 Å². The van der Waals surface area contributed by atoms with Crippen LogP contribution in [-0.4, -0.2) is 31.1 Å². The Morgan fingerprint density at radius 2 is 2.05 bits per heavy atom. The van der Waals surface area contributed by atoms with Crippen molar-refractivity contribution in [3.63, 3.8) is 0 Å². The molecule has 0 atom stereocenters. The number of rotatable bonds is 1. The first-order valence-corrected chi connectivity index (χ1v) is 6.96. The third-order valence-corrected chi connectivity index (χ3v) is 4.33. The van der Waals surface area contributed by atoms with Crippen LogP contribution in [-0.2, 0) is 0 Å². The number of carbonyl (C=O) groups excluding carboxylic acids is 1. The third kappa shape index (κ3) is 2.32. The summed E-state index contributed by atoms with van der Waals surface area (Å²) in [4.78, 5) is 12.0. The number of ether oxygens (including phenoxy) is 1. The maximum atomic E-state index is 12.0. The van der Waals surface area contributed by atoms with Gasteiger partial charge < -0.3 is 15.4 Å². The minimum Gasteiger partial charge on any atom is -0.485 e. The van der Waals surface area contributed by atoms with Gasteiger partial charge in [0.25, 0.3) is 5.91 Å². The number of carbonyl (C=O) groups is 1. The van der Waals surface area contributed by atoms with Crippen LogP contribution in [0.4, 0.5) is 0 Å². The quantitative estimate of drug-likeness (QED) is 0.808. The fraction of sp³-hybridized carbons (Fsp3) is 0.533. The molecule has 2 aliphatic rings. The Morgan fingerprint density at radius 3 is 2.79 bits per heavy atom. The van der Waals surface area contributed by atoms with Crippen molar-refractivity contribution in [1.82, 2.24) is 10.6 Å². The molecule has 1 aromatic rings. The molecular weight excluding hydrogens is 240 g/mol. The number of benzene rings is 1. The first-order valence-electron chi connectivity index (χ1n) is 6.96. The summed E-state index contributed by atoms with van der Waals surface area (Å²) in [5.74, 6) is 0.698. The molecule has 2 N–H and O–H groups in total. The average molecular weight is 260 g/mol. The first-order chi connectivity index (χ1) is 9.22. The standard InChI is InChI=1S/C15H20N2O2/c1-16-11-6-8-15(9-7-11)10-17-14(18)12-4-2-3-5-13(12)19-15/h2-5,11,16H,6-10H2,1H3,(H,17,18). The largest absolute Gasteiger partial charge is 0.485 e. The molecule has 1 saturated carbocycles. The number of para-hydroxylation sites is 1. The van der Waals surface area contributed by atoms with Crippen molar-refractivity contribution >= 4 is 5.91 Å². The minimum absolute atomic E-state index is 0.0248. The SMILES string of the molecule is CNC1CCC2(CC1)CNC(=O)c1ccccc1O2. The summed E-state index contributed by atoms with van der Waals surface area (Å²) in [5.41, 5.74) is 0.422. The predicted octanol–water partition coefficient (Wildman–Crippen LogP) is 1.71. The highest BCUT2D eigenvalue weighted by Crippen LogP contribution is 2.35. The van der Waals surface area contributed by atoms with Gasteiger partial charge in [-0.2, -0.15) is 0 Å². The normalized spacial score (nSPS) is 30.2. The van der Waals surface area contributed by atoms with Gasteiger partial charge in [0.2, 0.25) is 0 Å². The fourth-order valence-electron chi connectivity index (χ4n) is 3.06. The molecule has 19 heavy (non-hydrogen) atoms. The minimum atomic E-state index is -0.227. The van der Waals surface area contributed by atoms with E-state index >= 15 is 0 Å². The van der Waals surface area contributed by atoms with Crippen molar-refractivity contribution in [2.45, 2.75) is 37.3 Å². The van der Waals surface area contributed by atoms with Gasteiger partial charge >= 0.3 is 0 Å². The second-order valence-electron chi connectivity index (χ2n) is 5.53. The second-order valence-corrected chi connectivity index (χ2v) is 5.53. The van der Waals surface area contributed by atoms with Crippen LogP contribution < -0.4 is 15.4 Å². The Morgan fingerprint density at radius 1 is 1.32 bits per heavy atom. The van der Waals surface area contributed by atoms with Crippen molar-refractivity contribution in [2.75, 3.05) is 13.6 Å². The maximum Gasteiger partial charge on any atom is 0.255 e. The molecule has 0 aromatic heterocycles. The molecule has 0 saturated heterocycles. The molecule has 0 unspecified atom stereocenters. The molecule has 1 spiro atoms. The van der Waals surface area contributed by atoms with E-state index in [1.54, 1.807) is 0 Å². The van der Waals surface area contributed by atoms with Gasteiger partial charge in [-0.15, -0.1) is 0 Å². The zero-order chi connectivity index (χ0) is 13.3. The molecular formula is C15H20N2O2. The lowest BCUT2D eigenvalue weighted by Crippen LogP contribution is -2.50. The Labute approximate surface area is 113 Å². The average Bonchev–Trinajstić information content (AvgIpc) is 2.59. The van der Waals surface area contributed by atoms with Crippen LogP contribution in [0.3, 0.4) is 0 Å². The molecule has 4 heteroatoms. The second kappa shape index (κ2) is 4.85. The molecule has 1 aliphatic heterocycles. The molecule has 0 bridgehead atoms. The molecule has 1 heterocycles. The molecule has 3 rings (SSSR count). The van der Waals surface area contributed by atoms with Crippen LogP contribution in [0.2, 0.25) is 0 Å². The van der Waals surface area contributed by atoms with Crippen LogP contribution in [0.5, 0.6) is 5.75 Å². The van der Waals surface area contributed by atoms with Crippen LogP contribution in [0, 0.1) is 0 Å². The van der Waals surface area contributed by atoms with E-state index < -0.39 is 0 Å². The summed E-state index contributed by atoms with van der Waals surface area (Å²) in [6.07, 6.45) is 4.14. The number of fused-ring (bicyclic) bond motifs is 1. The van der Waals surface area contributed by atoms with E-state index in [0.717, 1.165) is 31.4 Å². The van der Waals surface area contributed by atoms with Gasteiger partial charge in [-0.3, -0.25) is 4.79 Å². The van der Waals surface area contributed by atoms with Gasteiger partial charge in [-0.25, -0.2) is 0 Å². The Bertz CT molecular complexity index is 479. The highest BCUT2D eigenvalue weighted by atomic mass is 16.5. The van der Waals surface area contributed by atoms with E-state index in [0.29, 0.717) is 18.2 Å². The van der Waals surface area contributed by atoms with E-state index in [9.17, 15) is 4.79 Å². The monoisotopic (exact) mass is 260 g/mol. The Balaban J connectivity index is 1.85. The van der Waals surface area contributed by atoms with E-state index in [1.807, 2.05) is 31.3 Å². The number of amides is 1. The van der Waals surface area contributed by atoms with Gasteiger partial charge in [0.15, 0.2) is 0 Å². The molecule has 1 aromatic carbocycles. The Kier molecular flexibility index (Phi) is 3.19. The smallest absolute Gasteiger partial charge is 0.255 e. The van der Waals surface area contributed by atoms with Crippen LogP contribution in [0.25, 0.3) is 0 Å². The third-order valence-electron chi connectivity index (χ3n) is 4.33. The summed E-state index contributed by atoms with van der Waals surface area (Å²) in [7, 11) is 2.01. The lowest BCUT2D eigenvalue weighted by Gasteiger charge is -2.39. The van der Waals surface area contributed by atoms with E-state index in [2.05, 4.69) is 10.6 Å². The number of nitrogens with one attached hydrogen (secondary N) is 2. The van der Waals surface area contributed by atoms with Crippen LogP contribution in [0.1, 0.15) is 36.0 Å². The molecule has 1 aliphatic carbocycles. The number of hydrogen-bond donors (Lipinski definition) is 2. The zero-order valence-electron chi connectivity index (χ0n) is 11.2. The lowest BCUT2D eigenvalue weighted by molar-refractivity contribution is 0.0273. The molecule has 102 valence electrons. The van der Waals surface area contributed by atoms with Crippen molar-refractivity contribution in [1.29, 1.82) is 0 Å². The molecule has 0 radical (unpaired) electrons. The van der Waals surface area contributed by atoms with Gasteiger partial charge in [0.1, 0.15) is 11.4 Å². The fourth-order valence-corrected chi connectivity index (χ4v) is 3.06. The van der Waals surface area contributed by atoms with Crippen molar-refractivity contribution < 1.29 is 9.53 Å². The molecule has 1 amide bonds. The molecule has 4 nitrogen and oxygen atoms in total. The molecule has 1 fully saturated rings. The summed E-state index contributed by atoms with van der Waals surface area (Å²) >= 11 is 0. The summed E-state index contributed by atoms with van der Waals surface area (Å²) in [6.45, 7) is 0.608. The van der Waals surface area contributed by atoms with Crippen molar-refractivity contribution in [3.8, 4) is 5.75 Å². The first kappa shape index (κ1) is 12.5. The predicted molar refractivity (Wildman–Crippen MR) is 73.4 cm³/mol. The van der Waals surface area contributed by atoms with Crippen LogP contribution >= 0.6 is 0 Å². The lowest BCUT2D eigenvalue weighted by atomic mass is 9.82. The van der Waals surface area contributed by atoms with Crippen LogP contribution in [0.15, 0.2) is 24.3 Å². The highest BCUT2D eigenvalue weighted by Gasteiger charge is 2.39. The van der Waals surface area contributed by atoms with E-state index in [-0.39, 0.29) is 11.5 Å². The number of hydrogen-bond acceptors (Lipinski definition) is 3.